The lowest BCUT2D eigenvalue weighted by Gasteiger charge is -2.18. The largest absolute Gasteiger partial charge is 0.483 e. The van der Waals surface area contributed by atoms with Crippen LogP contribution in [0.2, 0.25) is 0 Å². The maximum atomic E-state index is 11.6. The van der Waals surface area contributed by atoms with E-state index in [9.17, 15) is 9.59 Å². The molecule has 1 unspecified atom stereocenters. The third kappa shape index (κ3) is 7.91. The summed E-state index contributed by atoms with van der Waals surface area (Å²) < 4.78 is 9.34. The zero-order valence-electron chi connectivity index (χ0n) is 11.7. The molecule has 0 saturated heterocycles. The fourth-order valence-corrected chi connectivity index (χ4v) is 1.43. The van der Waals surface area contributed by atoms with Gasteiger partial charge in [-0.25, -0.2) is 4.79 Å². The van der Waals surface area contributed by atoms with E-state index in [0.29, 0.717) is 18.8 Å². The molecule has 1 atom stereocenters. The van der Waals surface area contributed by atoms with Crippen LogP contribution in [-0.2, 0) is 14.3 Å². The molecular formula is C12H23N3O4. The molecule has 19 heavy (non-hydrogen) atoms. The number of nitrogens with one attached hydrogen (secondary N) is 3. The van der Waals surface area contributed by atoms with E-state index in [-0.39, 0.29) is 5.91 Å². The predicted octanol–water partition coefficient (Wildman–Crippen LogP) is 0.335. The SMILES string of the molecule is C=C(NC(CCCCNC(=O)OC)C(=O)NC)OC. The number of carbonyl (C=O) groups excluding carboxylic acids is 2. The maximum absolute atomic E-state index is 11.6. The van der Waals surface area contributed by atoms with Crippen molar-refractivity contribution >= 4 is 12.0 Å². The van der Waals surface area contributed by atoms with Crippen molar-refractivity contribution in [2.45, 2.75) is 25.3 Å². The third-order valence-corrected chi connectivity index (χ3v) is 2.52. The fraction of sp³-hybridized carbons (Fsp3) is 0.667. The van der Waals surface area contributed by atoms with Crippen LogP contribution in [0.5, 0.6) is 0 Å². The number of methoxy groups -OCH3 is 2. The van der Waals surface area contributed by atoms with Gasteiger partial charge in [-0.15, -0.1) is 0 Å². The Hall–Kier alpha value is -1.92. The Morgan fingerprint density at radius 3 is 2.42 bits per heavy atom. The number of amides is 2. The Kier molecular flexibility index (Phi) is 9.03. The van der Waals surface area contributed by atoms with Gasteiger partial charge in [-0.3, -0.25) is 4.79 Å². The molecule has 0 aliphatic heterocycles. The van der Waals surface area contributed by atoms with Crippen LogP contribution >= 0.6 is 0 Å². The van der Waals surface area contributed by atoms with Crippen LogP contribution < -0.4 is 16.0 Å². The van der Waals surface area contributed by atoms with Crippen LogP contribution in [0, 0.1) is 0 Å². The van der Waals surface area contributed by atoms with Gasteiger partial charge in [-0.05, 0) is 25.8 Å². The van der Waals surface area contributed by atoms with E-state index in [1.54, 1.807) is 7.05 Å². The second-order valence-corrected chi connectivity index (χ2v) is 3.85. The van der Waals surface area contributed by atoms with E-state index in [1.165, 1.54) is 14.2 Å². The average molecular weight is 273 g/mol. The average Bonchev–Trinajstić information content (AvgIpc) is 2.43. The lowest BCUT2D eigenvalue weighted by atomic mass is 10.1. The molecule has 0 aliphatic rings. The summed E-state index contributed by atoms with van der Waals surface area (Å²) in [4.78, 5) is 22.4. The predicted molar refractivity (Wildman–Crippen MR) is 71.4 cm³/mol. The highest BCUT2D eigenvalue weighted by atomic mass is 16.5. The molecule has 0 aromatic heterocycles. The highest BCUT2D eigenvalue weighted by Gasteiger charge is 2.17. The number of likely N-dealkylation sites (N-methyl/N-ethyl adjacent to an activating group) is 1. The summed E-state index contributed by atoms with van der Waals surface area (Å²) in [7, 11) is 4.37. The molecule has 110 valence electrons. The van der Waals surface area contributed by atoms with Crippen molar-refractivity contribution in [3.8, 4) is 0 Å². The van der Waals surface area contributed by atoms with Gasteiger partial charge in [-0.1, -0.05) is 0 Å². The van der Waals surface area contributed by atoms with Crippen molar-refractivity contribution in [1.82, 2.24) is 16.0 Å². The summed E-state index contributed by atoms with van der Waals surface area (Å²) in [6.45, 7) is 4.13. The molecule has 0 aliphatic carbocycles. The Labute approximate surface area is 113 Å². The van der Waals surface area contributed by atoms with Crippen LogP contribution in [0.15, 0.2) is 12.5 Å². The zero-order valence-corrected chi connectivity index (χ0v) is 11.7. The highest BCUT2D eigenvalue weighted by Crippen LogP contribution is 2.03. The van der Waals surface area contributed by atoms with Gasteiger partial charge in [0, 0.05) is 13.6 Å². The first-order valence-corrected chi connectivity index (χ1v) is 6.08. The van der Waals surface area contributed by atoms with Gasteiger partial charge in [0.05, 0.1) is 14.2 Å². The molecule has 2 amide bonds. The van der Waals surface area contributed by atoms with Crippen LogP contribution in [0.25, 0.3) is 0 Å². The van der Waals surface area contributed by atoms with Crippen LogP contribution in [0.4, 0.5) is 4.79 Å². The summed E-state index contributed by atoms with van der Waals surface area (Å²) >= 11 is 0. The van der Waals surface area contributed by atoms with Crippen molar-refractivity contribution in [3.05, 3.63) is 12.5 Å². The summed E-state index contributed by atoms with van der Waals surface area (Å²) in [5.41, 5.74) is 0. The number of hydrogen-bond acceptors (Lipinski definition) is 5. The summed E-state index contributed by atoms with van der Waals surface area (Å²) in [6, 6.07) is -0.393. The fourth-order valence-electron chi connectivity index (χ4n) is 1.43. The molecule has 7 nitrogen and oxygen atoms in total. The Balaban J connectivity index is 3.96. The molecule has 3 N–H and O–H groups in total. The van der Waals surface area contributed by atoms with Gasteiger partial charge >= 0.3 is 6.09 Å². The van der Waals surface area contributed by atoms with Gasteiger partial charge in [0.15, 0.2) is 5.88 Å². The van der Waals surface area contributed by atoms with E-state index >= 15 is 0 Å². The van der Waals surface area contributed by atoms with Crippen molar-refractivity contribution in [3.63, 3.8) is 0 Å². The monoisotopic (exact) mass is 273 g/mol. The van der Waals surface area contributed by atoms with Gasteiger partial charge in [0.1, 0.15) is 6.04 Å². The second-order valence-electron chi connectivity index (χ2n) is 3.85. The minimum absolute atomic E-state index is 0.126. The van der Waals surface area contributed by atoms with Gasteiger partial charge in [0.25, 0.3) is 0 Å². The van der Waals surface area contributed by atoms with Crippen molar-refractivity contribution in [2.24, 2.45) is 0 Å². The third-order valence-electron chi connectivity index (χ3n) is 2.52. The molecule has 0 bridgehead atoms. The maximum Gasteiger partial charge on any atom is 0.406 e. The van der Waals surface area contributed by atoms with Gasteiger partial charge < -0.3 is 25.4 Å². The highest BCUT2D eigenvalue weighted by molar-refractivity contribution is 5.81. The molecule has 0 spiro atoms. The number of alkyl carbamates (subject to hydrolysis) is 1. The Morgan fingerprint density at radius 1 is 1.21 bits per heavy atom. The van der Waals surface area contributed by atoms with Crippen LogP contribution in [0.3, 0.4) is 0 Å². The molecule has 0 fully saturated rings. The topological polar surface area (TPSA) is 88.7 Å². The molecule has 7 heteroatoms. The van der Waals surface area contributed by atoms with Crippen molar-refractivity contribution < 1.29 is 19.1 Å². The Morgan fingerprint density at radius 2 is 1.89 bits per heavy atom. The van der Waals surface area contributed by atoms with E-state index < -0.39 is 12.1 Å². The molecule has 0 radical (unpaired) electrons. The normalized spacial score (nSPS) is 11.1. The molecule has 0 aromatic rings. The first-order valence-electron chi connectivity index (χ1n) is 6.08. The molecular weight excluding hydrogens is 250 g/mol. The van der Waals surface area contributed by atoms with Gasteiger partial charge in [-0.2, -0.15) is 0 Å². The molecule has 0 heterocycles. The number of ether oxygens (including phenoxy) is 2. The smallest absolute Gasteiger partial charge is 0.406 e. The van der Waals surface area contributed by atoms with E-state index in [4.69, 9.17) is 4.74 Å². The summed E-state index contributed by atoms with van der Waals surface area (Å²) in [6.07, 6.45) is 1.69. The number of carbonyl (C=O) groups is 2. The molecule has 0 aromatic carbocycles. The van der Waals surface area contributed by atoms with Crippen LogP contribution in [0.1, 0.15) is 19.3 Å². The Bertz CT molecular complexity index is 307. The first-order chi connectivity index (χ1) is 9.04. The lowest BCUT2D eigenvalue weighted by Crippen LogP contribution is -2.42. The molecule has 0 rings (SSSR count). The standard InChI is InChI=1S/C12H23N3O4/c1-9(18-3)15-10(11(16)13-2)7-5-6-8-14-12(17)19-4/h10,15H,1,5-8H2,2-4H3,(H,13,16)(H,14,17). The van der Waals surface area contributed by atoms with Crippen molar-refractivity contribution in [1.29, 1.82) is 0 Å². The number of hydrogen-bond donors (Lipinski definition) is 3. The quantitative estimate of drug-likeness (QED) is 0.416. The second kappa shape index (κ2) is 10.0. The van der Waals surface area contributed by atoms with E-state index in [2.05, 4.69) is 27.3 Å². The summed E-state index contributed by atoms with van der Waals surface area (Å²) in [5.74, 6) is 0.223. The van der Waals surface area contributed by atoms with E-state index in [0.717, 1.165) is 12.8 Å². The minimum Gasteiger partial charge on any atom is -0.483 e. The van der Waals surface area contributed by atoms with Crippen molar-refractivity contribution in [2.75, 3.05) is 27.8 Å². The van der Waals surface area contributed by atoms with Crippen LogP contribution in [-0.4, -0.2) is 45.9 Å². The summed E-state index contributed by atoms with van der Waals surface area (Å²) in [5, 5.41) is 8.04. The number of rotatable bonds is 9. The molecule has 0 saturated carbocycles. The lowest BCUT2D eigenvalue weighted by molar-refractivity contribution is -0.122. The minimum atomic E-state index is -0.450. The van der Waals surface area contributed by atoms with Gasteiger partial charge in [0.2, 0.25) is 5.91 Å². The zero-order chi connectivity index (χ0) is 14.7. The van der Waals surface area contributed by atoms with E-state index in [1.807, 2.05) is 0 Å². The number of unbranched alkanes of at least 4 members (excludes halogenated alkanes) is 1. The first kappa shape index (κ1) is 17.1.